The van der Waals surface area contributed by atoms with Crippen LogP contribution in [0, 0.1) is 0 Å². The van der Waals surface area contributed by atoms with Gasteiger partial charge in [-0.3, -0.25) is 4.79 Å². The van der Waals surface area contributed by atoms with Crippen LogP contribution in [0.15, 0.2) is 53.4 Å². The number of rotatable bonds is 6. The predicted molar refractivity (Wildman–Crippen MR) is 104 cm³/mol. The Bertz CT molecular complexity index is 908. The normalized spacial score (nSPS) is 15.6. The van der Waals surface area contributed by atoms with E-state index in [4.69, 9.17) is 0 Å². The molecule has 0 heterocycles. The number of benzene rings is 2. The highest BCUT2D eigenvalue weighted by molar-refractivity contribution is 7.92. The minimum absolute atomic E-state index is 0.144. The molecule has 5 nitrogen and oxygen atoms in total. The largest absolute Gasteiger partial charge is 0.387 e. The molecule has 0 fully saturated rings. The van der Waals surface area contributed by atoms with Crippen molar-refractivity contribution in [2.45, 2.75) is 48.9 Å². The highest BCUT2D eigenvalue weighted by Crippen LogP contribution is 2.29. The molecule has 0 aliphatic heterocycles. The number of aliphatic hydroxyl groups is 1. The molecule has 3 rings (SSSR count). The minimum atomic E-state index is -3.31. The molecule has 0 unspecified atom stereocenters. The van der Waals surface area contributed by atoms with Gasteiger partial charge in [0.25, 0.3) is 0 Å². The Kier molecular flexibility index (Phi) is 5.40. The van der Waals surface area contributed by atoms with E-state index in [1.165, 1.54) is 0 Å². The standard InChI is InChI=1S/C21H25NO4S/c1-15(2)27(25,26)19-9-7-16(8-10-19)11-20(23)22-14-21(24)12-17-5-3-4-6-18(17)13-21/h3-10,15,24H,11-14H2,1-2H3,(H,22,23). The van der Waals surface area contributed by atoms with Crippen molar-refractivity contribution in [3.63, 3.8) is 0 Å². The van der Waals surface area contributed by atoms with E-state index in [-0.39, 0.29) is 23.8 Å². The summed E-state index contributed by atoms with van der Waals surface area (Å²) in [5.41, 5.74) is 2.03. The third kappa shape index (κ3) is 4.39. The summed E-state index contributed by atoms with van der Waals surface area (Å²) in [4.78, 5) is 12.5. The highest BCUT2D eigenvalue weighted by Gasteiger charge is 2.35. The van der Waals surface area contributed by atoms with Gasteiger partial charge >= 0.3 is 0 Å². The van der Waals surface area contributed by atoms with Crippen LogP contribution in [-0.2, 0) is 33.9 Å². The van der Waals surface area contributed by atoms with Gasteiger partial charge in [-0.1, -0.05) is 36.4 Å². The molecule has 0 aromatic heterocycles. The Morgan fingerprint density at radius 2 is 1.63 bits per heavy atom. The molecule has 6 heteroatoms. The van der Waals surface area contributed by atoms with Crippen molar-refractivity contribution in [3.05, 3.63) is 65.2 Å². The second kappa shape index (κ2) is 7.44. The van der Waals surface area contributed by atoms with Crippen molar-refractivity contribution in [1.29, 1.82) is 0 Å². The third-order valence-corrected chi connectivity index (χ3v) is 7.18. The Balaban J connectivity index is 1.56. The van der Waals surface area contributed by atoms with Crippen LogP contribution < -0.4 is 5.32 Å². The molecular formula is C21H25NO4S. The Labute approximate surface area is 160 Å². The van der Waals surface area contributed by atoms with Gasteiger partial charge in [-0.15, -0.1) is 0 Å². The number of carbonyl (C=O) groups is 1. The lowest BCUT2D eigenvalue weighted by molar-refractivity contribution is -0.121. The fraction of sp³-hybridized carbons (Fsp3) is 0.381. The fourth-order valence-corrected chi connectivity index (χ4v) is 4.44. The maximum Gasteiger partial charge on any atom is 0.224 e. The summed E-state index contributed by atoms with van der Waals surface area (Å²) >= 11 is 0. The molecule has 0 spiro atoms. The second-order valence-corrected chi connectivity index (χ2v) is 10.0. The summed E-state index contributed by atoms with van der Waals surface area (Å²) in [7, 11) is -3.31. The first-order valence-electron chi connectivity index (χ1n) is 9.08. The second-order valence-electron chi connectivity index (χ2n) is 7.54. The SMILES string of the molecule is CC(C)S(=O)(=O)c1ccc(CC(=O)NCC2(O)Cc3ccccc3C2)cc1. The predicted octanol–water partition coefficient (Wildman–Crippen LogP) is 2.06. The lowest BCUT2D eigenvalue weighted by atomic mass is 10.0. The number of nitrogens with one attached hydrogen (secondary N) is 1. The van der Waals surface area contributed by atoms with E-state index in [0.717, 1.165) is 16.7 Å². The number of sulfone groups is 1. The molecule has 1 amide bonds. The van der Waals surface area contributed by atoms with Gasteiger partial charge in [0.15, 0.2) is 9.84 Å². The van der Waals surface area contributed by atoms with Crippen LogP contribution in [0.1, 0.15) is 30.5 Å². The van der Waals surface area contributed by atoms with Crippen molar-refractivity contribution in [2.24, 2.45) is 0 Å². The third-order valence-electron chi connectivity index (χ3n) is 5.01. The van der Waals surface area contributed by atoms with Gasteiger partial charge in [-0.05, 0) is 42.7 Å². The molecule has 1 aliphatic rings. The Hall–Kier alpha value is -2.18. The molecule has 2 N–H and O–H groups in total. The van der Waals surface area contributed by atoms with Crippen molar-refractivity contribution in [3.8, 4) is 0 Å². The molecule has 144 valence electrons. The summed E-state index contributed by atoms with van der Waals surface area (Å²) in [6.45, 7) is 3.48. The number of hydrogen-bond donors (Lipinski definition) is 2. The van der Waals surface area contributed by atoms with Crippen LogP contribution >= 0.6 is 0 Å². The lowest BCUT2D eigenvalue weighted by Gasteiger charge is -2.22. The molecule has 2 aromatic rings. The first-order chi connectivity index (χ1) is 12.7. The summed E-state index contributed by atoms with van der Waals surface area (Å²) in [6.07, 6.45) is 1.21. The summed E-state index contributed by atoms with van der Waals surface area (Å²) in [5, 5.41) is 13.0. The number of hydrogen-bond acceptors (Lipinski definition) is 4. The van der Waals surface area contributed by atoms with Crippen LogP contribution in [0.4, 0.5) is 0 Å². The van der Waals surface area contributed by atoms with Gasteiger partial charge in [0, 0.05) is 19.4 Å². The molecule has 27 heavy (non-hydrogen) atoms. The number of fused-ring (bicyclic) bond motifs is 1. The summed E-state index contributed by atoms with van der Waals surface area (Å²) < 4.78 is 24.3. The van der Waals surface area contributed by atoms with Crippen LogP contribution in [0.25, 0.3) is 0 Å². The molecule has 0 atom stereocenters. The van der Waals surface area contributed by atoms with Gasteiger partial charge in [-0.2, -0.15) is 0 Å². The fourth-order valence-electron chi connectivity index (χ4n) is 3.38. The zero-order chi connectivity index (χ0) is 19.7. The quantitative estimate of drug-likeness (QED) is 0.795. The zero-order valence-electron chi connectivity index (χ0n) is 15.6. The average Bonchev–Trinajstić information content (AvgIpc) is 2.97. The Morgan fingerprint density at radius 3 is 2.15 bits per heavy atom. The lowest BCUT2D eigenvalue weighted by Crippen LogP contribution is -2.44. The molecule has 1 aliphatic carbocycles. The van der Waals surface area contributed by atoms with E-state index < -0.39 is 20.7 Å². The van der Waals surface area contributed by atoms with Gasteiger partial charge in [-0.25, -0.2) is 8.42 Å². The summed E-state index contributed by atoms with van der Waals surface area (Å²) in [5.74, 6) is -0.196. The van der Waals surface area contributed by atoms with Gasteiger partial charge < -0.3 is 10.4 Å². The monoisotopic (exact) mass is 387 g/mol. The Morgan fingerprint density at radius 1 is 1.07 bits per heavy atom. The van der Waals surface area contributed by atoms with E-state index in [1.54, 1.807) is 38.1 Å². The first kappa shape index (κ1) is 19.6. The van der Waals surface area contributed by atoms with Crippen LogP contribution in [0.3, 0.4) is 0 Å². The molecule has 0 bridgehead atoms. The zero-order valence-corrected chi connectivity index (χ0v) is 16.4. The highest BCUT2D eigenvalue weighted by atomic mass is 32.2. The van der Waals surface area contributed by atoms with Crippen LogP contribution in [-0.4, -0.2) is 36.8 Å². The van der Waals surface area contributed by atoms with Crippen molar-refractivity contribution < 1.29 is 18.3 Å². The average molecular weight is 388 g/mol. The maximum absolute atomic E-state index is 12.2. The minimum Gasteiger partial charge on any atom is -0.387 e. The first-order valence-corrected chi connectivity index (χ1v) is 10.6. The molecular weight excluding hydrogens is 362 g/mol. The van der Waals surface area contributed by atoms with Crippen LogP contribution in [0.5, 0.6) is 0 Å². The van der Waals surface area contributed by atoms with Crippen molar-refractivity contribution >= 4 is 15.7 Å². The van der Waals surface area contributed by atoms with E-state index in [9.17, 15) is 18.3 Å². The number of carbonyl (C=O) groups excluding carboxylic acids is 1. The molecule has 0 saturated carbocycles. The number of amides is 1. The van der Waals surface area contributed by atoms with Crippen molar-refractivity contribution in [1.82, 2.24) is 5.32 Å². The molecule has 0 radical (unpaired) electrons. The van der Waals surface area contributed by atoms with E-state index >= 15 is 0 Å². The topological polar surface area (TPSA) is 83.5 Å². The van der Waals surface area contributed by atoms with Gasteiger partial charge in [0.2, 0.25) is 5.91 Å². The summed E-state index contributed by atoms with van der Waals surface area (Å²) in [6, 6.07) is 14.3. The van der Waals surface area contributed by atoms with Crippen molar-refractivity contribution in [2.75, 3.05) is 6.54 Å². The van der Waals surface area contributed by atoms with E-state index in [0.29, 0.717) is 12.8 Å². The molecule has 0 saturated heterocycles. The van der Waals surface area contributed by atoms with Crippen LogP contribution in [0.2, 0.25) is 0 Å². The molecule has 2 aromatic carbocycles. The van der Waals surface area contributed by atoms with Gasteiger partial charge in [0.05, 0.1) is 22.2 Å². The van der Waals surface area contributed by atoms with E-state index in [1.807, 2.05) is 24.3 Å². The maximum atomic E-state index is 12.2. The smallest absolute Gasteiger partial charge is 0.224 e. The van der Waals surface area contributed by atoms with Gasteiger partial charge in [0.1, 0.15) is 0 Å². The van der Waals surface area contributed by atoms with E-state index in [2.05, 4.69) is 5.32 Å².